The molecule has 0 unspecified atom stereocenters. The summed E-state index contributed by atoms with van der Waals surface area (Å²) >= 11 is 0. The van der Waals surface area contributed by atoms with Crippen molar-refractivity contribution < 1.29 is 14.3 Å². The van der Waals surface area contributed by atoms with Gasteiger partial charge in [0.15, 0.2) is 6.29 Å². The van der Waals surface area contributed by atoms with Gasteiger partial charge in [-0.05, 0) is 25.3 Å². The largest absolute Gasteiger partial charge is 0.465 e. The standard InChI is InChI=1S/C11H13NO3/c1-15-11(14)9-6-8(7-13)12-5-3-2-4-10(9)12/h6-7H,2-5H2,1H3. The summed E-state index contributed by atoms with van der Waals surface area (Å²) in [6.45, 7) is 0.820. The number of fused-ring (bicyclic) bond motifs is 1. The number of hydrogen-bond acceptors (Lipinski definition) is 3. The molecule has 1 aromatic rings. The molecule has 0 saturated heterocycles. The minimum atomic E-state index is -0.353. The molecule has 2 rings (SSSR count). The molecule has 0 atom stereocenters. The second-order valence-corrected chi connectivity index (χ2v) is 3.65. The number of aldehydes is 1. The van der Waals surface area contributed by atoms with Crippen LogP contribution in [0, 0.1) is 0 Å². The molecule has 4 heteroatoms. The topological polar surface area (TPSA) is 48.3 Å². The SMILES string of the molecule is COC(=O)c1cc(C=O)n2c1CCCC2. The number of esters is 1. The van der Waals surface area contributed by atoms with Gasteiger partial charge in [-0.15, -0.1) is 0 Å². The zero-order valence-electron chi connectivity index (χ0n) is 8.66. The maximum atomic E-state index is 11.5. The van der Waals surface area contributed by atoms with Crippen LogP contribution in [0.25, 0.3) is 0 Å². The molecule has 1 aliphatic heterocycles. The lowest BCUT2D eigenvalue weighted by Gasteiger charge is -2.16. The molecule has 1 aliphatic rings. The van der Waals surface area contributed by atoms with E-state index in [1.807, 2.05) is 4.57 Å². The summed E-state index contributed by atoms with van der Waals surface area (Å²) in [5.74, 6) is -0.353. The lowest BCUT2D eigenvalue weighted by atomic mass is 10.1. The number of ether oxygens (including phenoxy) is 1. The molecule has 0 N–H and O–H groups in total. The van der Waals surface area contributed by atoms with E-state index in [9.17, 15) is 9.59 Å². The van der Waals surface area contributed by atoms with Crippen LogP contribution in [0.5, 0.6) is 0 Å². The van der Waals surface area contributed by atoms with E-state index in [2.05, 4.69) is 0 Å². The first-order valence-electron chi connectivity index (χ1n) is 5.04. The van der Waals surface area contributed by atoms with Crippen LogP contribution in [-0.4, -0.2) is 23.9 Å². The van der Waals surface area contributed by atoms with Crippen molar-refractivity contribution in [1.82, 2.24) is 4.57 Å². The Hall–Kier alpha value is -1.58. The van der Waals surface area contributed by atoms with Crippen LogP contribution in [0.3, 0.4) is 0 Å². The van der Waals surface area contributed by atoms with Crippen LogP contribution >= 0.6 is 0 Å². The van der Waals surface area contributed by atoms with Crippen LogP contribution in [0.1, 0.15) is 39.4 Å². The highest BCUT2D eigenvalue weighted by atomic mass is 16.5. The second kappa shape index (κ2) is 3.88. The van der Waals surface area contributed by atoms with Crippen molar-refractivity contribution in [2.24, 2.45) is 0 Å². The van der Waals surface area contributed by atoms with Crippen molar-refractivity contribution in [1.29, 1.82) is 0 Å². The van der Waals surface area contributed by atoms with Crippen LogP contribution in [0.2, 0.25) is 0 Å². The molecular formula is C11H13NO3. The highest BCUT2D eigenvalue weighted by Crippen LogP contribution is 2.23. The highest BCUT2D eigenvalue weighted by molar-refractivity contribution is 5.93. The molecule has 0 spiro atoms. The second-order valence-electron chi connectivity index (χ2n) is 3.65. The monoisotopic (exact) mass is 207 g/mol. The van der Waals surface area contributed by atoms with Crippen molar-refractivity contribution in [2.75, 3.05) is 7.11 Å². The van der Waals surface area contributed by atoms with Gasteiger partial charge in [0.25, 0.3) is 0 Å². The van der Waals surface area contributed by atoms with E-state index in [0.717, 1.165) is 37.8 Å². The fraction of sp³-hybridized carbons (Fsp3) is 0.455. The summed E-state index contributed by atoms with van der Waals surface area (Å²) in [7, 11) is 1.36. The Bertz CT molecular complexity index is 406. The normalized spacial score (nSPS) is 14.5. The van der Waals surface area contributed by atoms with Crippen molar-refractivity contribution in [2.45, 2.75) is 25.8 Å². The van der Waals surface area contributed by atoms with Gasteiger partial charge in [0.05, 0.1) is 18.4 Å². The highest BCUT2D eigenvalue weighted by Gasteiger charge is 2.22. The molecule has 80 valence electrons. The van der Waals surface area contributed by atoms with E-state index in [-0.39, 0.29) is 5.97 Å². The van der Waals surface area contributed by atoms with E-state index < -0.39 is 0 Å². The molecule has 0 saturated carbocycles. The molecule has 15 heavy (non-hydrogen) atoms. The van der Waals surface area contributed by atoms with Crippen molar-refractivity contribution in [3.8, 4) is 0 Å². The molecule has 0 fully saturated rings. The summed E-state index contributed by atoms with van der Waals surface area (Å²) in [4.78, 5) is 22.3. The molecule has 0 amide bonds. The lowest BCUT2D eigenvalue weighted by molar-refractivity contribution is 0.0599. The summed E-state index contributed by atoms with van der Waals surface area (Å²) in [5.41, 5.74) is 2.06. The van der Waals surface area contributed by atoms with Gasteiger partial charge < -0.3 is 9.30 Å². The fourth-order valence-corrected chi connectivity index (χ4v) is 2.09. The number of carbonyl (C=O) groups excluding carboxylic acids is 2. The number of nitrogens with zero attached hydrogens (tertiary/aromatic N) is 1. The molecule has 0 radical (unpaired) electrons. The predicted molar refractivity (Wildman–Crippen MR) is 54.1 cm³/mol. The van der Waals surface area contributed by atoms with E-state index >= 15 is 0 Å². The van der Waals surface area contributed by atoms with Crippen molar-refractivity contribution in [3.05, 3.63) is 23.0 Å². The third kappa shape index (κ3) is 1.56. The van der Waals surface area contributed by atoms with E-state index in [1.165, 1.54) is 7.11 Å². The summed E-state index contributed by atoms with van der Waals surface area (Å²) in [6, 6.07) is 1.62. The van der Waals surface area contributed by atoms with Gasteiger partial charge in [-0.2, -0.15) is 0 Å². The average Bonchev–Trinajstić information content (AvgIpc) is 2.67. The van der Waals surface area contributed by atoms with Gasteiger partial charge >= 0.3 is 5.97 Å². The van der Waals surface area contributed by atoms with Crippen LogP contribution in [0.15, 0.2) is 6.07 Å². The van der Waals surface area contributed by atoms with E-state index in [1.54, 1.807) is 6.07 Å². The number of carbonyl (C=O) groups is 2. The first kappa shape index (κ1) is 9.96. The Balaban J connectivity index is 2.51. The maximum Gasteiger partial charge on any atom is 0.339 e. The van der Waals surface area contributed by atoms with Crippen molar-refractivity contribution >= 4 is 12.3 Å². The fourth-order valence-electron chi connectivity index (χ4n) is 2.09. The molecule has 4 nitrogen and oxygen atoms in total. The zero-order chi connectivity index (χ0) is 10.8. The van der Waals surface area contributed by atoms with E-state index in [0.29, 0.717) is 11.3 Å². The third-order valence-electron chi connectivity index (χ3n) is 2.81. The minimum Gasteiger partial charge on any atom is -0.465 e. The molecule has 0 aliphatic carbocycles. The number of hydrogen-bond donors (Lipinski definition) is 0. The zero-order valence-corrected chi connectivity index (χ0v) is 8.66. The van der Waals surface area contributed by atoms with Gasteiger partial charge in [-0.25, -0.2) is 4.79 Å². The Morgan fingerprint density at radius 3 is 3.00 bits per heavy atom. The first-order chi connectivity index (χ1) is 7.27. The molecule has 1 aromatic heterocycles. The summed E-state index contributed by atoms with van der Waals surface area (Å²) in [5, 5.41) is 0. The smallest absolute Gasteiger partial charge is 0.339 e. The third-order valence-corrected chi connectivity index (χ3v) is 2.81. The Morgan fingerprint density at radius 1 is 1.53 bits per heavy atom. The van der Waals surface area contributed by atoms with Crippen LogP contribution in [-0.2, 0) is 17.7 Å². The van der Waals surface area contributed by atoms with E-state index in [4.69, 9.17) is 4.74 Å². The molecule has 2 heterocycles. The minimum absolute atomic E-state index is 0.353. The Labute approximate surface area is 87.8 Å². The molecule has 0 bridgehead atoms. The predicted octanol–water partition coefficient (Wildman–Crippen LogP) is 1.42. The lowest BCUT2D eigenvalue weighted by Crippen LogP contribution is -2.14. The maximum absolute atomic E-state index is 11.5. The van der Waals surface area contributed by atoms with Gasteiger partial charge in [0.2, 0.25) is 0 Å². The average molecular weight is 207 g/mol. The summed E-state index contributed by atoms with van der Waals surface area (Å²) < 4.78 is 6.61. The van der Waals surface area contributed by atoms with Gasteiger partial charge in [0.1, 0.15) is 0 Å². The van der Waals surface area contributed by atoms with Crippen LogP contribution in [0.4, 0.5) is 0 Å². The van der Waals surface area contributed by atoms with Crippen LogP contribution < -0.4 is 0 Å². The summed E-state index contributed by atoms with van der Waals surface area (Å²) in [6.07, 6.45) is 3.76. The Morgan fingerprint density at radius 2 is 2.33 bits per heavy atom. The number of methoxy groups -OCH3 is 1. The number of aromatic nitrogens is 1. The molecule has 0 aromatic carbocycles. The Kier molecular flexibility index (Phi) is 2.58. The molecular weight excluding hydrogens is 194 g/mol. The van der Waals surface area contributed by atoms with Gasteiger partial charge in [-0.3, -0.25) is 4.79 Å². The number of rotatable bonds is 2. The quantitative estimate of drug-likeness (QED) is 0.544. The van der Waals surface area contributed by atoms with Gasteiger partial charge in [0, 0.05) is 12.2 Å². The van der Waals surface area contributed by atoms with Crippen molar-refractivity contribution in [3.63, 3.8) is 0 Å². The van der Waals surface area contributed by atoms with Gasteiger partial charge in [-0.1, -0.05) is 0 Å². The first-order valence-corrected chi connectivity index (χ1v) is 5.04.